The molecule has 1 aliphatic heterocycles. The van der Waals surface area contributed by atoms with Gasteiger partial charge < -0.3 is 21.5 Å². The molecular weight excluding hydrogens is 238 g/mol. The molecule has 0 bridgehead atoms. The van der Waals surface area contributed by atoms with Crippen LogP contribution >= 0.6 is 0 Å². The molecule has 2 amide bonds. The van der Waals surface area contributed by atoms with Crippen LogP contribution in [-0.2, 0) is 14.4 Å². The van der Waals surface area contributed by atoms with Crippen LogP contribution < -0.4 is 16.4 Å². The van der Waals surface area contributed by atoms with Crippen molar-refractivity contribution >= 4 is 17.8 Å². The van der Waals surface area contributed by atoms with Gasteiger partial charge in [-0.3, -0.25) is 9.59 Å². The predicted molar refractivity (Wildman–Crippen MR) is 63.6 cm³/mol. The lowest BCUT2D eigenvalue weighted by Crippen LogP contribution is -2.43. The maximum atomic E-state index is 11.6. The number of hydrogen-bond donors (Lipinski definition) is 4. The fourth-order valence-corrected chi connectivity index (χ4v) is 1.95. The minimum Gasteiger partial charge on any atom is -0.480 e. The molecule has 0 spiro atoms. The SMILES string of the molecule is NC(=O)CC[C@@H](NC(=O)CC1CCCN1)C(=O)O. The molecule has 18 heavy (non-hydrogen) atoms. The van der Waals surface area contributed by atoms with Gasteiger partial charge in [0.05, 0.1) is 0 Å². The van der Waals surface area contributed by atoms with E-state index in [1.54, 1.807) is 0 Å². The number of carbonyl (C=O) groups excluding carboxylic acids is 2. The molecule has 2 atom stereocenters. The van der Waals surface area contributed by atoms with Crippen molar-refractivity contribution in [1.82, 2.24) is 10.6 Å². The average Bonchev–Trinajstić information content (AvgIpc) is 2.76. The molecule has 102 valence electrons. The van der Waals surface area contributed by atoms with Crippen LogP contribution in [0.25, 0.3) is 0 Å². The van der Waals surface area contributed by atoms with Crippen molar-refractivity contribution in [3.63, 3.8) is 0 Å². The molecule has 1 rings (SSSR count). The molecule has 5 N–H and O–H groups in total. The van der Waals surface area contributed by atoms with Crippen molar-refractivity contribution in [3.8, 4) is 0 Å². The summed E-state index contributed by atoms with van der Waals surface area (Å²) >= 11 is 0. The van der Waals surface area contributed by atoms with Crippen molar-refractivity contribution in [1.29, 1.82) is 0 Å². The zero-order valence-corrected chi connectivity index (χ0v) is 10.1. The summed E-state index contributed by atoms with van der Waals surface area (Å²) in [7, 11) is 0. The van der Waals surface area contributed by atoms with Crippen LogP contribution in [0, 0.1) is 0 Å². The first-order valence-corrected chi connectivity index (χ1v) is 6.03. The lowest BCUT2D eigenvalue weighted by Gasteiger charge is -2.15. The number of nitrogens with one attached hydrogen (secondary N) is 2. The standard InChI is InChI=1S/C11H19N3O4/c12-9(15)4-3-8(11(17)18)14-10(16)6-7-2-1-5-13-7/h7-8,13H,1-6H2,(H2,12,15)(H,14,16)(H,17,18)/t7?,8-/m1/s1. The van der Waals surface area contributed by atoms with E-state index < -0.39 is 17.9 Å². The van der Waals surface area contributed by atoms with Crippen molar-refractivity contribution in [2.45, 2.75) is 44.2 Å². The summed E-state index contributed by atoms with van der Waals surface area (Å²) in [5.74, 6) is -2.04. The minimum absolute atomic E-state index is 0.0223. The number of carboxylic acid groups (broad SMARTS) is 1. The average molecular weight is 257 g/mol. The van der Waals surface area contributed by atoms with Gasteiger partial charge in [-0.2, -0.15) is 0 Å². The number of amides is 2. The van der Waals surface area contributed by atoms with E-state index in [9.17, 15) is 14.4 Å². The van der Waals surface area contributed by atoms with E-state index in [1.807, 2.05) is 0 Å². The Hall–Kier alpha value is -1.63. The Morgan fingerprint density at radius 3 is 2.67 bits per heavy atom. The topological polar surface area (TPSA) is 122 Å². The van der Waals surface area contributed by atoms with E-state index in [0.29, 0.717) is 0 Å². The summed E-state index contributed by atoms with van der Waals surface area (Å²) in [6.45, 7) is 0.891. The third kappa shape index (κ3) is 5.13. The van der Waals surface area contributed by atoms with E-state index in [4.69, 9.17) is 10.8 Å². The number of carbonyl (C=O) groups is 3. The van der Waals surface area contributed by atoms with Crippen LogP contribution in [0.2, 0.25) is 0 Å². The summed E-state index contributed by atoms with van der Waals surface area (Å²) in [6, 6.07) is -0.929. The number of hydrogen-bond acceptors (Lipinski definition) is 4. The van der Waals surface area contributed by atoms with Crippen LogP contribution in [0.5, 0.6) is 0 Å². The zero-order chi connectivity index (χ0) is 13.5. The molecule has 1 heterocycles. The van der Waals surface area contributed by atoms with E-state index in [-0.39, 0.29) is 31.2 Å². The maximum Gasteiger partial charge on any atom is 0.326 e. The second kappa shape index (κ2) is 6.95. The Morgan fingerprint density at radius 2 is 2.17 bits per heavy atom. The monoisotopic (exact) mass is 257 g/mol. The molecule has 1 saturated heterocycles. The Bertz CT molecular complexity index is 326. The first-order chi connectivity index (χ1) is 8.49. The fourth-order valence-electron chi connectivity index (χ4n) is 1.95. The summed E-state index contributed by atoms with van der Waals surface area (Å²) in [5.41, 5.74) is 4.95. The zero-order valence-electron chi connectivity index (χ0n) is 10.1. The Labute approximate surface area is 105 Å². The summed E-state index contributed by atoms with van der Waals surface area (Å²) in [4.78, 5) is 33.1. The van der Waals surface area contributed by atoms with Gasteiger partial charge in [0.2, 0.25) is 11.8 Å². The summed E-state index contributed by atoms with van der Waals surface area (Å²) in [6.07, 6.45) is 2.18. The quantitative estimate of drug-likeness (QED) is 0.464. The van der Waals surface area contributed by atoms with E-state index in [2.05, 4.69) is 10.6 Å². The van der Waals surface area contributed by atoms with Crippen LogP contribution in [-0.4, -0.2) is 41.5 Å². The molecule has 0 radical (unpaired) electrons. The van der Waals surface area contributed by atoms with Crippen LogP contribution in [0.4, 0.5) is 0 Å². The number of rotatable bonds is 7. The lowest BCUT2D eigenvalue weighted by atomic mass is 10.1. The Balaban J connectivity index is 2.36. The van der Waals surface area contributed by atoms with Crippen LogP contribution in [0.1, 0.15) is 32.1 Å². The van der Waals surface area contributed by atoms with Crippen LogP contribution in [0.15, 0.2) is 0 Å². The van der Waals surface area contributed by atoms with Gasteiger partial charge in [-0.15, -0.1) is 0 Å². The molecule has 7 nitrogen and oxygen atoms in total. The molecule has 1 aliphatic rings. The molecule has 1 fully saturated rings. The van der Waals surface area contributed by atoms with Gasteiger partial charge in [0, 0.05) is 18.9 Å². The Morgan fingerprint density at radius 1 is 1.44 bits per heavy atom. The lowest BCUT2D eigenvalue weighted by molar-refractivity contribution is -0.142. The first kappa shape index (κ1) is 14.4. The van der Waals surface area contributed by atoms with Gasteiger partial charge in [-0.1, -0.05) is 0 Å². The fraction of sp³-hybridized carbons (Fsp3) is 0.727. The largest absolute Gasteiger partial charge is 0.480 e. The molecule has 0 aliphatic carbocycles. The van der Waals surface area contributed by atoms with Gasteiger partial charge in [0.25, 0.3) is 0 Å². The van der Waals surface area contributed by atoms with Crippen molar-refractivity contribution < 1.29 is 19.5 Å². The van der Waals surface area contributed by atoms with Crippen molar-refractivity contribution in [3.05, 3.63) is 0 Å². The van der Waals surface area contributed by atoms with Gasteiger partial charge in [0.1, 0.15) is 6.04 Å². The van der Waals surface area contributed by atoms with Crippen molar-refractivity contribution in [2.24, 2.45) is 5.73 Å². The maximum absolute atomic E-state index is 11.6. The second-order valence-electron chi connectivity index (χ2n) is 4.46. The second-order valence-corrected chi connectivity index (χ2v) is 4.46. The minimum atomic E-state index is -1.15. The number of carboxylic acids is 1. The molecular formula is C11H19N3O4. The molecule has 0 aromatic rings. The molecule has 1 unspecified atom stereocenters. The molecule has 0 aromatic heterocycles. The van der Waals surface area contributed by atoms with Gasteiger partial charge >= 0.3 is 5.97 Å². The highest BCUT2D eigenvalue weighted by molar-refractivity contribution is 5.84. The number of nitrogens with two attached hydrogens (primary N) is 1. The van der Waals surface area contributed by atoms with E-state index in [1.165, 1.54) is 0 Å². The highest BCUT2D eigenvalue weighted by Crippen LogP contribution is 2.09. The van der Waals surface area contributed by atoms with Gasteiger partial charge in [-0.25, -0.2) is 4.79 Å². The first-order valence-electron chi connectivity index (χ1n) is 6.03. The van der Waals surface area contributed by atoms with Gasteiger partial charge in [-0.05, 0) is 25.8 Å². The predicted octanol–water partition coefficient (Wildman–Crippen LogP) is -1.04. The van der Waals surface area contributed by atoms with Crippen molar-refractivity contribution in [2.75, 3.05) is 6.54 Å². The highest BCUT2D eigenvalue weighted by atomic mass is 16.4. The molecule has 0 aromatic carbocycles. The smallest absolute Gasteiger partial charge is 0.326 e. The molecule has 0 saturated carbocycles. The third-order valence-electron chi connectivity index (χ3n) is 2.91. The third-order valence-corrected chi connectivity index (χ3v) is 2.91. The van der Waals surface area contributed by atoms with Crippen LogP contribution in [0.3, 0.4) is 0 Å². The highest BCUT2D eigenvalue weighted by Gasteiger charge is 2.23. The summed E-state index contributed by atoms with van der Waals surface area (Å²) in [5, 5.41) is 14.5. The summed E-state index contributed by atoms with van der Waals surface area (Å²) < 4.78 is 0. The normalized spacial score (nSPS) is 20.3. The number of aliphatic carboxylic acids is 1. The van der Waals surface area contributed by atoms with Gasteiger partial charge in [0.15, 0.2) is 0 Å². The molecule has 7 heteroatoms. The number of primary amides is 1. The van der Waals surface area contributed by atoms with E-state index in [0.717, 1.165) is 19.4 Å². The Kier molecular flexibility index (Phi) is 5.57. The van der Waals surface area contributed by atoms with E-state index >= 15 is 0 Å².